The lowest BCUT2D eigenvalue weighted by molar-refractivity contribution is -0.126. The Bertz CT molecular complexity index is 808. The zero-order valence-corrected chi connectivity index (χ0v) is 18.0. The van der Waals surface area contributed by atoms with E-state index in [1.807, 2.05) is 38.1 Å². The third-order valence-electron chi connectivity index (χ3n) is 5.18. The predicted molar refractivity (Wildman–Crippen MR) is 114 cm³/mol. The van der Waals surface area contributed by atoms with E-state index in [0.717, 1.165) is 49.4 Å². The topological polar surface area (TPSA) is 67.6 Å². The summed E-state index contributed by atoms with van der Waals surface area (Å²) in [5.74, 6) is 1.56. The first-order valence-corrected chi connectivity index (χ1v) is 10.7. The van der Waals surface area contributed by atoms with Crippen LogP contribution >= 0.6 is 11.6 Å². The summed E-state index contributed by atoms with van der Waals surface area (Å²) in [5, 5.41) is 3.70. The Labute approximate surface area is 177 Å². The van der Waals surface area contributed by atoms with Crippen LogP contribution in [0.5, 0.6) is 0 Å². The number of aryl methyl sites for hydroxylation is 1. The van der Waals surface area contributed by atoms with Gasteiger partial charge in [0.1, 0.15) is 5.76 Å². The van der Waals surface area contributed by atoms with E-state index in [9.17, 15) is 4.79 Å². The van der Waals surface area contributed by atoms with Crippen molar-refractivity contribution < 1.29 is 13.9 Å². The minimum absolute atomic E-state index is 0.0236. The first kappa shape index (κ1) is 21.8. The first-order valence-electron chi connectivity index (χ1n) is 10.4. The molecule has 1 aromatic carbocycles. The third kappa shape index (κ3) is 6.29. The normalized spacial score (nSPS) is 17.4. The molecule has 1 aromatic heterocycles. The number of likely N-dealkylation sites (tertiary alicyclic amines) is 1. The molecule has 1 N–H and O–H groups in total. The Morgan fingerprint density at radius 2 is 2.31 bits per heavy atom. The Kier molecular flexibility index (Phi) is 8.09. The van der Waals surface area contributed by atoms with Gasteiger partial charge < -0.3 is 14.5 Å². The number of halogens is 1. The smallest absolute Gasteiger partial charge is 0.226 e. The minimum Gasteiger partial charge on any atom is -0.441 e. The lowest BCUT2D eigenvalue weighted by Gasteiger charge is -2.31. The van der Waals surface area contributed by atoms with Crippen molar-refractivity contribution >= 4 is 17.5 Å². The summed E-state index contributed by atoms with van der Waals surface area (Å²) < 4.78 is 11.2. The molecule has 1 unspecified atom stereocenters. The fourth-order valence-corrected chi connectivity index (χ4v) is 3.81. The SMILES string of the molecule is CCOCCCNC(=O)C1CCCN(Cc2nc(-c3cccc(Cl)c3)oc2C)C1. The van der Waals surface area contributed by atoms with Crippen molar-refractivity contribution in [1.82, 2.24) is 15.2 Å². The van der Waals surface area contributed by atoms with Gasteiger partial charge in [-0.2, -0.15) is 0 Å². The quantitative estimate of drug-likeness (QED) is 0.621. The molecule has 1 amide bonds. The number of hydrogen-bond donors (Lipinski definition) is 1. The molecule has 0 radical (unpaired) electrons. The molecule has 2 aromatic rings. The van der Waals surface area contributed by atoms with Crippen LogP contribution in [0.1, 0.15) is 37.6 Å². The van der Waals surface area contributed by atoms with Crippen molar-refractivity contribution in [2.45, 2.75) is 39.7 Å². The highest BCUT2D eigenvalue weighted by molar-refractivity contribution is 6.30. The summed E-state index contributed by atoms with van der Waals surface area (Å²) in [5.41, 5.74) is 1.78. The van der Waals surface area contributed by atoms with Gasteiger partial charge >= 0.3 is 0 Å². The van der Waals surface area contributed by atoms with Crippen LogP contribution in [-0.2, 0) is 16.1 Å². The van der Waals surface area contributed by atoms with Crippen LogP contribution in [0.3, 0.4) is 0 Å². The van der Waals surface area contributed by atoms with Crippen LogP contribution in [0.15, 0.2) is 28.7 Å². The third-order valence-corrected chi connectivity index (χ3v) is 5.42. The number of nitrogens with one attached hydrogen (secondary N) is 1. The van der Waals surface area contributed by atoms with E-state index in [0.29, 0.717) is 37.2 Å². The van der Waals surface area contributed by atoms with Gasteiger partial charge in [0, 0.05) is 43.4 Å². The van der Waals surface area contributed by atoms with Gasteiger partial charge in [0.2, 0.25) is 11.8 Å². The van der Waals surface area contributed by atoms with Gasteiger partial charge in [0.05, 0.1) is 11.6 Å². The van der Waals surface area contributed by atoms with Gasteiger partial charge in [0.25, 0.3) is 0 Å². The second kappa shape index (κ2) is 10.8. The van der Waals surface area contributed by atoms with E-state index < -0.39 is 0 Å². The lowest BCUT2D eigenvalue weighted by atomic mass is 9.97. The molecule has 0 aliphatic carbocycles. The largest absolute Gasteiger partial charge is 0.441 e. The number of nitrogens with zero attached hydrogens (tertiary/aromatic N) is 2. The van der Waals surface area contributed by atoms with Gasteiger partial charge in [-0.15, -0.1) is 0 Å². The molecule has 29 heavy (non-hydrogen) atoms. The fraction of sp³-hybridized carbons (Fsp3) is 0.545. The number of rotatable bonds is 9. The summed E-state index contributed by atoms with van der Waals surface area (Å²) in [6, 6.07) is 7.51. The highest BCUT2D eigenvalue weighted by Crippen LogP contribution is 2.26. The van der Waals surface area contributed by atoms with Crippen LogP contribution in [0.4, 0.5) is 0 Å². The predicted octanol–water partition coefficient (Wildman–Crippen LogP) is 4.06. The number of benzene rings is 1. The molecule has 1 fully saturated rings. The molecule has 0 bridgehead atoms. The summed E-state index contributed by atoms with van der Waals surface area (Å²) in [6.07, 6.45) is 2.79. The standard InChI is InChI=1S/C22H30ClN3O3/c1-3-28-12-6-10-24-21(27)18-8-5-11-26(14-18)15-20-16(2)29-22(25-20)17-7-4-9-19(23)13-17/h4,7,9,13,18H,3,5-6,8,10-12,14-15H2,1-2H3,(H,24,27). The van der Waals surface area contributed by atoms with Crippen LogP contribution < -0.4 is 5.32 Å². The summed E-state index contributed by atoms with van der Waals surface area (Å²) in [7, 11) is 0. The molecule has 158 valence electrons. The Balaban J connectivity index is 1.54. The fourth-order valence-electron chi connectivity index (χ4n) is 3.62. The molecule has 6 nitrogen and oxygen atoms in total. The van der Waals surface area contributed by atoms with Crippen molar-refractivity contribution in [3.8, 4) is 11.5 Å². The Morgan fingerprint density at radius 1 is 1.45 bits per heavy atom. The Morgan fingerprint density at radius 3 is 3.10 bits per heavy atom. The summed E-state index contributed by atoms with van der Waals surface area (Å²) >= 11 is 6.08. The zero-order valence-electron chi connectivity index (χ0n) is 17.2. The van der Waals surface area contributed by atoms with E-state index in [4.69, 9.17) is 20.8 Å². The van der Waals surface area contributed by atoms with Gasteiger partial charge in [-0.05, 0) is 57.9 Å². The maximum Gasteiger partial charge on any atom is 0.226 e. The molecule has 1 atom stereocenters. The van der Waals surface area contributed by atoms with Gasteiger partial charge in [0.15, 0.2) is 0 Å². The molecular weight excluding hydrogens is 390 g/mol. The average molecular weight is 420 g/mol. The molecule has 1 aliphatic rings. The van der Waals surface area contributed by atoms with Gasteiger partial charge in [-0.3, -0.25) is 9.69 Å². The van der Waals surface area contributed by atoms with Crippen molar-refractivity contribution in [3.05, 3.63) is 40.7 Å². The van der Waals surface area contributed by atoms with E-state index in [1.165, 1.54) is 0 Å². The summed E-state index contributed by atoms with van der Waals surface area (Å²) in [6.45, 7) is 8.38. The van der Waals surface area contributed by atoms with E-state index in [2.05, 4.69) is 15.2 Å². The molecule has 1 aliphatic heterocycles. The van der Waals surface area contributed by atoms with Crippen LogP contribution in [0.25, 0.3) is 11.5 Å². The lowest BCUT2D eigenvalue weighted by Crippen LogP contribution is -2.43. The molecule has 0 spiro atoms. The number of aromatic nitrogens is 1. The number of carbonyl (C=O) groups is 1. The highest BCUT2D eigenvalue weighted by Gasteiger charge is 2.26. The monoisotopic (exact) mass is 419 g/mol. The highest BCUT2D eigenvalue weighted by atomic mass is 35.5. The average Bonchev–Trinajstić information content (AvgIpc) is 3.08. The second-order valence-electron chi connectivity index (χ2n) is 7.45. The Hall–Kier alpha value is -1.89. The number of ether oxygens (including phenoxy) is 1. The minimum atomic E-state index is 0.0236. The van der Waals surface area contributed by atoms with E-state index in [-0.39, 0.29) is 11.8 Å². The van der Waals surface area contributed by atoms with E-state index in [1.54, 1.807) is 0 Å². The molecule has 3 rings (SSSR count). The van der Waals surface area contributed by atoms with Gasteiger partial charge in [-0.25, -0.2) is 4.98 Å². The maximum atomic E-state index is 12.5. The molecule has 2 heterocycles. The summed E-state index contributed by atoms with van der Waals surface area (Å²) in [4.78, 5) is 19.5. The van der Waals surface area contributed by atoms with Crippen molar-refractivity contribution in [2.24, 2.45) is 5.92 Å². The number of amides is 1. The number of carbonyl (C=O) groups excluding carboxylic acids is 1. The van der Waals surface area contributed by atoms with Crippen molar-refractivity contribution in [2.75, 3.05) is 32.8 Å². The molecule has 7 heteroatoms. The van der Waals surface area contributed by atoms with Crippen molar-refractivity contribution in [1.29, 1.82) is 0 Å². The number of hydrogen-bond acceptors (Lipinski definition) is 5. The van der Waals surface area contributed by atoms with Crippen molar-refractivity contribution in [3.63, 3.8) is 0 Å². The van der Waals surface area contributed by atoms with Crippen LogP contribution in [0.2, 0.25) is 5.02 Å². The van der Waals surface area contributed by atoms with Gasteiger partial charge in [-0.1, -0.05) is 17.7 Å². The zero-order chi connectivity index (χ0) is 20.6. The first-order chi connectivity index (χ1) is 14.1. The molecule has 1 saturated heterocycles. The maximum absolute atomic E-state index is 12.5. The second-order valence-corrected chi connectivity index (χ2v) is 7.88. The molecular formula is C22H30ClN3O3. The number of oxazole rings is 1. The van der Waals surface area contributed by atoms with Crippen LogP contribution in [-0.4, -0.2) is 48.6 Å². The number of piperidine rings is 1. The van der Waals surface area contributed by atoms with E-state index >= 15 is 0 Å². The molecule has 0 saturated carbocycles. The van der Waals surface area contributed by atoms with Crippen LogP contribution in [0, 0.1) is 12.8 Å².